The molecule has 1 aromatic heterocycles. The van der Waals surface area contributed by atoms with E-state index < -0.39 is 0 Å². The summed E-state index contributed by atoms with van der Waals surface area (Å²) in [7, 11) is 0. The average Bonchev–Trinajstić information content (AvgIpc) is 2.85. The molecule has 1 aliphatic rings. The van der Waals surface area contributed by atoms with Crippen molar-refractivity contribution < 1.29 is 0 Å². The first-order valence-electron chi connectivity index (χ1n) is 6.24. The lowest BCUT2D eigenvalue weighted by molar-refractivity contribution is 0.646. The Bertz CT molecular complexity index is 692. The van der Waals surface area contributed by atoms with E-state index in [9.17, 15) is 0 Å². The van der Waals surface area contributed by atoms with E-state index >= 15 is 0 Å². The Hall–Kier alpha value is -1.37. The SMILES string of the molecule is Cc1cc(C2=Nn3c(nnc3C(C)N)SC2)ccc1Cl. The van der Waals surface area contributed by atoms with Crippen LogP contribution in [0, 0.1) is 6.92 Å². The maximum absolute atomic E-state index is 6.06. The van der Waals surface area contributed by atoms with Gasteiger partial charge in [0.05, 0.1) is 11.8 Å². The summed E-state index contributed by atoms with van der Waals surface area (Å²) in [6.07, 6.45) is 0. The van der Waals surface area contributed by atoms with Gasteiger partial charge in [-0.1, -0.05) is 29.4 Å². The summed E-state index contributed by atoms with van der Waals surface area (Å²) in [4.78, 5) is 0. The maximum atomic E-state index is 6.06. The molecule has 20 heavy (non-hydrogen) atoms. The molecular weight excluding hydrogens is 294 g/mol. The minimum Gasteiger partial charge on any atom is -0.321 e. The van der Waals surface area contributed by atoms with Gasteiger partial charge in [-0.25, -0.2) is 0 Å². The highest BCUT2D eigenvalue weighted by Gasteiger charge is 2.21. The second-order valence-electron chi connectivity index (χ2n) is 4.74. The van der Waals surface area contributed by atoms with E-state index in [0.717, 1.165) is 32.8 Å². The lowest BCUT2D eigenvalue weighted by atomic mass is 10.1. The highest BCUT2D eigenvalue weighted by atomic mass is 35.5. The smallest absolute Gasteiger partial charge is 0.212 e. The molecule has 0 aliphatic carbocycles. The summed E-state index contributed by atoms with van der Waals surface area (Å²) in [5.41, 5.74) is 8.97. The molecule has 7 heteroatoms. The summed E-state index contributed by atoms with van der Waals surface area (Å²) in [5.74, 6) is 1.44. The van der Waals surface area contributed by atoms with Gasteiger partial charge in [0.1, 0.15) is 0 Å². The highest BCUT2D eigenvalue weighted by Crippen LogP contribution is 2.26. The Balaban J connectivity index is 2.05. The predicted octanol–water partition coefficient (Wildman–Crippen LogP) is 2.62. The Labute approximate surface area is 126 Å². The molecule has 1 aromatic carbocycles. The number of benzene rings is 1. The summed E-state index contributed by atoms with van der Waals surface area (Å²) in [5, 5.41) is 14.4. The number of hydrogen-bond donors (Lipinski definition) is 1. The van der Waals surface area contributed by atoms with Gasteiger partial charge in [0, 0.05) is 10.8 Å². The predicted molar refractivity (Wildman–Crippen MR) is 81.5 cm³/mol. The second-order valence-corrected chi connectivity index (χ2v) is 6.09. The topological polar surface area (TPSA) is 69.1 Å². The third kappa shape index (κ3) is 2.34. The number of nitrogens with two attached hydrogens (primary N) is 1. The van der Waals surface area contributed by atoms with Gasteiger partial charge >= 0.3 is 0 Å². The molecule has 0 saturated carbocycles. The van der Waals surface area contributed by atoms with Gasteiger partial charge in [-0.2, -0.15) is 9.78 Å². The van der Waals surface area contributed by atoms with E-state index in [0.29, 0.717) is 5.82 Å². The van der Waals surface area contributed by atoms with Crippen molar-refractivity contribution in [1.82, 2.24) is 14.9 Å². The quantitative estimate of drug-likeness (QED) is 0.926. The normalized spacial score (nSPS) is 15.7. The van der Waals surface area contributed by atoms with Gasteiger partial charge < -0.3 is 5.73 Å². The van der Waals surface area contributed by atoms with Gasteiger partial charge in [0.25, 0.3) is 0 Å². The number of nitrogens with zero attached hydrogens (tertiary/aromatic N) is 4. The summed E-state index contributed by atoms with van der Waals surface area (Å²) in [6, 6.07) is 5.72. The van der Waals surface area contributed by atoms with E-state index in [-0.39, 0.29) is 6.04 Å². The molecule has 2 heterocycles. The first-order valence-corrected chi connectivity index (χ1v) is 7.60. The zero-order valence-electron chi connectivity index (χ0n) is 11.2. The van der Waals surface area contributed by atoms with Gasteiger partial charge in [-0.05, 0) is 37.1 Å². The molecule has 0 fully saturated rings. The van der Waals surface area contributed by atoms with Crippen molar-refractivity contribution in [1.29, 1.82) is 0 Å². The van der Waals surface area contributed by atoms with E-state index in [2.05, 4.69) is 15.3 Å². The molecule has 2 N–H and O–H groups in total. The van der Waals surface area contributed by atoms with Crippen LogP contribution < -0.4 is 5.73 Å². The Morgan fingerprint density at radius 2 is 2.20 bits per heavy atom. The fourth-order valence-electron chi connectivity index (χ4n) is 1.99. The zero-order valence-corrected chi connectivity index (χ0v) is 12.7. The molecule has 104 valence electrons. The van der Waals surface area contributed by atoms with Crippen molar-refractivity contribution in [2.24, 2.45) is 10.8 Å². The second kappa shape index (κ2) is 5.20. The highest BCUT2D eigenvalue weighted by molar-refractivity contribution is 7.99. The number of fused-ring (bicyclic) bond motifs is 1. The monoisotopic (exact) mass is 307 g/mol. The molecule has 1 aliphatic heterocycles. The van der Waals surface area contributed by atoms with Crippen LogP contribution in [0.3, 0.4) is 0 Å². The largest absolute Gasteiger partial charge is 0.321 e. The van der Waals surface area contributed by atoms with Crippen LogP contribution in [0.1, 0.15) is 29.9 Å². The van der Waals surface area contributed by atoms with E-state index in [1.807, 2.05) is 32.0 Å². The lowest BCUT2D eigenvalue weighted by Gasteiger charge is -2.15. The van der Waals surface area contributed by atoms with Crippen LogP contribution in [0.15, 0.2) is 28.5 Å². The lowest BCUT2D eigenvalue weighted by Crippen LogP contribution is -2.17. The fourth-order valence-corrected chi connectivity index (χ4v) is 2.96. The molecule has 2 aromatic rings. The molecule has 3 rings (SSSR count). The first kappa shape index (κ1) is 13.6. The van der Waals surface area contributed by atoms with E-state index in [1.54, 1.807) is 16.4 Å². The van der Waals surface area contributed by atoms with Crippen molar-refractivity contribution >= 4 is 29.1 Å². The van der Waals surface area contributed by atoms with Gasteiger partial charge in [0.15, 0.2) is 5.82 Å². The maximum Gasteiger partial charge on any atom is 0.212 e. The Morgan fingerprint density at radius 1 is 1.40 bits per heavy atom. The molecule has 0 saturated heterocycles. The molecule has 0 radical (unpaired) electrons. The van der Waals surface area contributed by atoms with E-state index in [4.69, 9.17) is 17.3 Å². The number of thioether (sulfide) groups is 1. The minimum atomic E-state index is -0.202. The molecule has 5 nitrogen and oxygen atoms in total. The third-order valence-corrected chi connectivity index (χ3v) is 4.45. The first-order chi connectivity index (χ1) is 9.56. The number of aryl methyl sites for hydroxylation is 1. The van der Waals surface area contributed by atoms with Gasteiger partial charge in [-0.15, -0.1) is 10.2 Å². The summed E-state index contributed by atoms with van der Waals surface area (Å²) >= 11 is 7.67. The van der Waals surface area contributed by atoms with Crippen LogP contribution >= 0.6 is 23.4 Å². The van der Waals surface area contributed by atoms with Crippen LogP contribution in [-0.2, 0) is 0 Å². The van der Waals surface area contributed by atoms with Crippen molar-refractivity contribution in [3.63, 3.8) is 0 Å². The number of hydrogen-bond acceptors (Lipinski definition) is 5. The molecule has 1 unspecified atom stereocenters. The molecule has 1 atom stereocenters. The molecule has 0 amide bonds. The fraction of sp³-hybridized carbons (Fsp3) is 0.308. The van der Waals surface area contributed by atoms with Crippen LogP contribution in [-0.4, -0.2) is 26.3 Å². The molecule has 0 spiro atoms. The standard InChI is InChI=1S/C13H14ClN5S/c1-7-5-9(3-4-10(7)14)11-6-20-13-17-16-12(8(2)15)19(13)18-11/h3-5,8H,6,15H2,1-2H3. The minimum absolute atomic E-state index is 0.202. The van der Waals surface area contributed by atoms with E-state index in [1.165, 1.54) is 0 Å². The van der Waals surface area contributed by atoms with Crippen LogP contribution in [0.2, 0.25) is 5.02 Å². The summed E-state index contributed by atoms with van der Waals surface area (Å²) < 4.78 is 1.73. The average molecular weight is 308 g/mol. The number of aromatic nitrogens is 3. The third-order valence-electron chi connectivity index (χ3n) is 3.09. The van der Waals surface area contributed by atoms with Crippen LogP contribution in [0.25, 0.3) is 0 Å². The Kier molecular flexibility index (Phi) is 3.54. The van der Waals surface area contributed by atoms with Crippen LogP contribution in [0.5, 0.6) is 0 Å². The van der Waals surface area contributed by atoms with Crippen LogP contribution in [0.4, 0.5) is 0 Å². The molecular formula is C13H14ClN5S. The van der Waals surface area contributed by atoms with Gasteiger partial charge in [-0.3, -0.25) is 0 Å². The Morgan fingerprint density at radius 3 is 2.90 bits per heavy atom. The number of halogens is 1. The summed E-state index contributed by atoms with van der Waals surface area (Å²) in [6.45, 7) is 3.86. The number of rotatable bonds is 2. The van der Waals surface area contributed by atoms with Crippen molar-refractivity contribution in [3.05, 3.63) is 40.2 Å². The zero-order chi connectivity index (χ0) is 14.3. The van der Waals surface area contributed by atoms with Crippen molar-refractivity contribution in [3.8, 4) is 0 Å². The van der Waals surface area contributed by atoms with Crippen molar-refractivity contribution in [2.45, 2.75) is 25.0 Å². The van der Waals surface area contributed by atoms with Gasteiger partial charge in [0.2, 0.25) is 5.16 Å². The van der Waals surface area contributed by atoms with Crippen molar-refractivity contribution in [2.75, 3.05) is 5.75 Å². The molecule has 0 bridgehead atoms.